The van der Waals surface area contributed by atoms with Crippen molar-refractivity contribution in [2.75, 3.05) is 0 Å². The summed E-state index contributed by atoms with van der Waals surface area (Å²) in [5.74, 6) is 0. The summed E-state index contributed by atoms with van der Waals surface area (Å²) in [6, 6.07) is 0. The van der Waals surface area contributed by atoms with Crippen molar-refractivity contribution in [2.45, 2.75) is 6.16 Å². The van der Waals surface area contributed by atoms with Gasteiger partial charge in [0.1, 0.15) is 0 Å². The molecule has 0 atom stereocenters. The van der Waals surface area contributed by atoms with E-state index in [0.717, 1.165) is 0 Å². The van der Waals surface area contributed by atoms with E-state index < -0.39 is 6.16 Å². The van der Waals surface area contributed by atoms with Gasteiger partial charge in [0, 0.05) is 0 Å². The summed E-state index contributed by atoms with van der Waals surface area (Å²) in [6.45, 7) is 0. The van der Waals surface area contributed by atoms with Gasteiger partial charge in [0.2, 0.25) is 0 Å². The fourth-order valence-electron chi connectivity index (χ4n) is 0.0373. The van der Waals surface area contributed by atoms with Crippen molar-refractivity contribution < 1.29 is 20.0 Å². The van der Waals surface area contributed by atoms with Crippen LogP contribution >= 0.6 is 0 Å². The van der Waals surface area contributed by atoms with Crippen LogP contribution in [-0.4, -0.2) is 62.5 Å². The van der Waals surface area contributed by atoms with Crippen LogP contribution in [0.4, 0.5) is 0 Å². The molecule has 0 saturated carbocycles. The molecule has 0 aliphatic carbocycles. The van der Waals surface area contributed by atoms with Crippen LogP contribution in [0.5, 0.6) is 0 Å². The van der Waals surface area contributed by atoms with Gasteiger partial charge in [-0.25, -0.2) is 0 Å². The minimum atomic E-state index is -2.25. The highest BCUT2D eigenvalue weighted by Crippen LogP contribution is 2.19. The maximum absolute atomic E-state index is 7.74. The van der Waals surface area contributed by atoms with Gasteiger partial charge in [0.25, 0.3) is 0 Å². The van der Waals surface area contributed by atoms with Crippen molar-refractivity contribution in [3.05, 3.63) is 0 Å². The predicted octanol–water partition coefficient (Wildman–Crippen LogP) is -3.29. The molecule has 0 unspecified atom stereocenters. The summed E-state index contributed by atoms with van der Waals surface area (Å²) in [6.07, 6.45) is -2.25. The van der Waals surface area contributed by atoms with Gasteiger partial charge < -0.3 is 10.2 Å². The van der Waals surface area contributed by atoms with Crippen LogP contribution in [0.15, 0.2) is 0 Å². The second kappa shape index (κ2) is 3.41. The van der Waals surface area contributed by atoms with Crippen LogP contribution in [0.25, 0.3) is 0 Å². The quantitative estimate of drug-likeness (QED) is 0.156. The van der Waals surface area contributed by atoms with Gasteiger partial charge in [-0.2, -0.15) is 0 Å². The summed E-state index contributed by atoms with van der Waals surface area (Å²) in [7, 11) is 0. The van der Waals surface area contributed by atoms with Gasteiger partial charge in [-0.05, 0) is 0 Å². The van der Waals surface area contributed by atoms with E-state index >= 15 is 0 Å². The van der Waals surface area contributed by atoms with Crippen molar-refractivity contribution in [2.24, 2.45) is 0 Å². The van der Waals surface area contributed by atoms with Gasteiger partial charge in [0.05, 0.1) is 0 Å². The minimum absolute atomic E-state index is 0. The van der Waals surface area contributed by atoms with Gasteiger partial charge in [0.15, 0.2) is 0 Å². The molecule has 0 aromatic heterocycles. The van der Waals surface area contributed by atoms with Gasteiger partial charge in [-0.3, -0.25) is 0 Å². The fraction of sp³-hybridized carbons (Fsp3) is 1.00. The molecule has 0 spiro atoms. The second-order valence-electron chi connectivity index (χ2n) is 0.715. The number of hydrogen-bond acceptors (Lipinski definition) is 4. The molecule has 0 aromatic carbocycles. The zero-order valence-electron chi connectivity index (χ0n) is 2.21. The summed E-state index contributed by atoms with van der Waals surface area (Å²) in [4.78, 5) is 7.01. The van der Waals surface area contributed by atoms with Crippen molar-refractivity contribution in [3.63, 3.8) is 0 Å². The van der Waals surface area contributed by atoms with Gasteiger partial charge in [-0.15, -0.1) is 9.78 Å². The molecule has 1 aliphatic heterocycles. The average Bonchev–Trinajstić information content (AvgIpc) is 1.76. The smallest absolute Gasteiger partial charge is 0.315 e. The third-order valence-corrected chi connectivity index (χ3v) is 0.232. The van der Waals surface area contributed by atoms with E-state index in [2.05, 4.69) is 9.78 Å². The molecule has 4 nitrogen and oxygen atoms in total. The predicted molar refractivity (Wildman–Crippen MR) is 26.4 cm³/mol. The third kappa shape index (κ3) is 5.24. The zero-order valence-corrected chi connectivity index (χ0v) is 2.21. The first-order valence-electron chi connectivity index (χ1n) is 1.02. The van der Waals surface area contributed by atoms with E-state index in [-0.39, 0.29) is 46.1 Å². The molecular formula is CH6Mg2O4. The molecule has 0 amide bonds. The average molecular weight is 131 g/mol. The number of hydrogen-bond donors (Lipinski definition) is 2. The standard InChI is InChI=1S/CH2O4.2Mg.4H/c2-1(3)4-5-1;;;;;;/h2-3H;;;;;;. The highest BCUT2D eigenvalue weighted by molar-refractivity contribution is 5.76. The van der Waals surface area contributed by atoms with E-state index in [1.807, 2.05) is 0 Å². The maximum Gasteiger partial charge on any atom is 0.461 e. The molecule has 1 heterocycles. The van der Waals surface area contributed by atoms with Crippen molar-refractivity contribution in [3.8, 4) is 0 Å². The van der Waals surface area contributed by atoms with Crippen LogP contribution < -0.4 is 0 Å². The fourth-order valence-corrected chi connectivity index (χ4v) is 0.0373. The molecule has 38 valence electrons. The molecule has 0 bridgehead atoms. The van der Waals surface area contributed by atoms with E-state index in [0.29, 0.717) is 0 Å². The highest BCUT2D eigenvalue weighted by Gasteiger charge is 2.45. The molecule has 6 heteroatoms. The maximum atomic E-state index is 7.74. The Morgan fingerprint density at radius 1 is 1.00 bits per heavy atom. The van der Waals surface area contributed by atoms with Crippen molar-refractivity contribution >= 4 is 46.1 Å². The Balaban J connectivity index is 0. The first-order chi connectivity index (χ1) is 2.21. The van der Waals surface area contributed by atoms with Gasteiger partial charge in [-0.1, -0.05) is 0 Å². The number of rotatable bonds is 0. The first-order valence-corrected chi connectivity index (χ1v) is 1.02. The Hall–Kier alpha value is 1.37. The largest absolute Gasteiger partial charge is 0.461 e. The summed E-state index contributed by atoms with van der Waals surface area (Å²) < 4.78 is 0. The molecule has 0 radical (unpaired) electrons. The van der Waals surface area contributed by atoms with Crippen LogP contribution in [0.3, 0.4) is 0 Å². The second-order valence-corrected chi connectivity index (χ2v) is 0.715. The SMILES string of the molecule is OC1(O)OO1.[MgH2].[MgH2]. The van der Waals surface area contributed by atoms with E-state index in [9.17, 15) is 0 Å². The molecule has 0 aromatic rings. The van der Waals surface area contributed by atoms with E-state index in [1.54, 1.807) is 0 Å². The first kappa shape index (κ1) is 11.2. The van der Waals surface area contributed by atoms with Gasteiger partial charge >= 0.3 is 52.3 Å². The Morgan fingerprint density at radius 2 is 1.14 bits per heavy atom. The third-order valence-electron chi connectivity index (χ3n) is 0.232. The van der Waals surface area contributed by atoms with Crippen LogP contribution in [0.1, 0.15) is 0 Å². The van der Waals surface area contributed by atoms with E-state index in [4.69, 9.17) is 10.2 Å². The van der Waals surface area contributed by atoms with E-state index in [1.165, 1.54) is 0 Å². The summed E-state index contributed by atoms with van der Waals surface area (Å²) >= 11 is 0. The summed E-state index contributed by atoms with van der Waals surface area (Å²) in [5, 5.41) is 15.5. The minimum Gasteiger partial charge on any atom is -0.315 e. The lowest BCUT2D eigenvalue weighted by Gasteiger charge is -1.73. The Labute approximate surface area is 72.0 Å². The molecule has 2 N–H and O–H groups in total. The van der Waals surface area contributed by atoms with Crippen molar-refractivity contribution in [1.29, 1.82) is 0 Å². The zero-order chi connectivity index (χ0) is 3.91. The number of aliphatic hydroxyl groups is 2. The van der Waals surface area contributed by atoms with Crippen molar-refractivity contribution in [1.82, 2.24) is 0 Å². The molecule has 1 aliphatic rings. The Kier molecular flexibility index (Phi) is 5.46. The van der Waals surface area contributed by atoms with Crippen LogP contribution in [0.2, 0.25) is 0 Å². The lowest BCUT2D eigenvalue weighted by molar-refractivity contribution is -0.168. The Morgan fingerprint density at radius 3 is 1.14 bits per heavy atom. The molecule has 1 rings (SSSR count). The molecule has 1 fully saturated rings. The highest BCUT2D eigenvalue weighted by atomic mass is 24.3. The summed E-state index contributed by atoms with van der Waals surface area (Å²) in [5.41, 5.74) is 0. The molecular weight excluding hydrogens is 125 g/mol. The monoisotopic (exact) mass is 130 g/mol. The van der Waals surface area contributed by atoms with Crippen LogP contribution in [-0.2, 0) is 9.78 Å². The normalized spacial score (nSPS) is 21.4. The lowest BCUT2D eigenvalue weighted by Crippen LogP contribution is -2.03. The Bertz CT molecular complexity index is 47.7. The van der Waals surface area contributed by atoms with Crippen LogP contribution in [0, 0.1) is 0 Å². The molecule has 1 saturated heterocycles. The lowest BCUT2D eigenvalue weighted by atomic mass is 11.2. The topological polar surface area (TPSA) is 65.5 Å². The molecule has 7 heavy (non-hydrogen) atoms.